The van der Waals surface area contributed by atoms with Crippen LogP contribution in [0.5, 0.6) is 5.75 Å². The van der Waals surface area contributed by atoms with Crippen molar-refractivity contribution in [3.05, 3.63) is 23.8 Å². The number of benzene rings is 1. The molecule has 2 N–H and O–H groups in total. The SMILES string of the molecule is CN1CC(=O)CCc2cc(OC(N)=O)ccc21. The van der Waals surface area contributed by atoms with Crippen LogP contribution in [-0.4, -0.2) is 25.5 Å². The highest BCUT2D eigenvalue weighted by Crippen LogP contribution is 2.28. The number of hydrogen-bond donors (Lipinski definition) is 1. The molecule has 0 unspecified atom stereocenters. The van der Waals surface area contributed by atoms with Crippen LogP contribution in [0.4, 0.5) is 10.5 Å². The van der Waals surface area contributed by atoms with Gasteiger partial charge in [-0.15, -0.1) is 0 Å². The van der Waals surface area contributed by atoms with Crippen molar-refractivity contribution in [2.45, 2.75) is 12.8 Å². The number of amides is 1. The molecular formula is C12H14N2O3. The molecule has 5 nitrogen and oxygen atoms in total. The van der Waals surface area contributed by atoms with Crippen LogP contribution < -0.4 is 15.4 Å². The lowest BCUT2D eigenvalue weighted by Crippen LogP contribution is -2.23. The summed E-state index contributed by atoms with van der Waals surface area (Å²) in [5, 5.41) is 0. The summed E-state index contributed by atoms with van der Waals surface area (Å²) in [6.07, 6.45) is 0.342. The zero-order valence-corrected chi connectivity index (χ0v) is 9.60. The second-order valence-corrected chi connectivity index (χ2v) is 4.11. The lowest BCUT2D eigenvalue weighted by atomic mass is 10.1. The number of Topliss-reactive ketones (excluding diaryl/α,β-unsaturated/α-hetero) is 1. The first-order valence-electron chi connectivity index (χ1n) is 5.39. The van der Waals surface area contributed by atoms with E-state index in [9.17, 15) is 9.59 Å². The van der Waals surface area contributed by atoms with E-state index in [0.717, 1.165) is 11.3 Å². The molecule has 1 aliphatic heterocycles. The predicted octanol–water partition coefficient (Wildman–Crippen LogP) is 1.10. The minimum Gasteiger partial charge on any atom is -0.410 e. The van der Waals surface area contributed by atoms with Gasteiger partial charge < -0.3 is 15.4 Å². The molecule has 17 heavy (non-hydrogen) atoms. The number of nitrogens with two attached hydrogens (primary N) is 1. The van der Waals surface area contributed by atoms with Crippen molar-refractivity contribution in [1.29, 1.82) is 0 Å². The molecule has 5 heteroatoms. The van der Waals surface area contributed by atoms with E-state index in [0.29, 0.717) is 25.1 Å². The highest BCUT2D eigenvalue weighted by Gasteiger charge is 2.17. The number of nitrogens with zero attached hydrogens (tertiary/aromatic N) is 1. The van der Waals surface area contributed by atoms with Crippen LogP contribution in [-0.2, 0) is 11.2 Å². The minimum atomic E-state index is -0.831. The summed E-state index contributed by atoms with van der Waals surface area (Å²) in [4.78, 5) is 24.0. The van der Waals surface area contributed by atoms with Crippen LogP contribution in [0.15, 0.2) is 18.2 Å². The van der Waals surface area contributed by atoms with E-state index >= 15 is 0 Å². The highest BCUT2D eigenvalue weighted by molar-refractivity contribution is 5.85. The molecule has 1 aromatic rings. The normalized spacial score (nSPS) is 15.1. The number of primary amides is 1. The summed E-state index contributed by atoms with van der Waals surface area (Å²) < 4.78 is 4.82. The molecule has 1 heterocycles. The fourth-order valence-electron chi connectivity index (χ4n) is 2.02. The number of hydrogen-bond acceptors (Lipinski definition) is 4. The Labute approximate surface area is 99.2 Å². The van der Waals surface area contributed by atoms with Gasteiger partial charge in [-0.05, 0) is 30.2 Å². The van der Waals surface area contributed by atoms with Crippen molar-refractivity contribution < 1.29 is 14.3 Å². The molecule has 0 atom stereocenters. The fraction of sp³-hybridized carbons (Fsp3) is 0.333. The van der Waals surface area contributed by atoms with E-state index in [1.54, 1.807) is 12.1 Å². The lowest BCUT2D eigenvalue weighted by molar-refractivity contribution is -0.117. The van der Waals surface area contributed by atoms with Crippen molar-refractivity contribution in [2.75, 3.05) is 18.5 Å². The molecule has 0 radical (unpaired) electrons. The molecule has 90 valence electrons. The van der Waals surface area contributed by atoms with Gasteiger partial charge >= 0.3 is 6.09 Å². The molecule has 1 aliphatic rings. The maximum Gasteiger partial charge on any atom is 0.409 e. The van der Waals surface area contributed by atoms with Crippen molar-refractivity contribution in [1.82, 2.24) is 0 Å². The van der Waals surface area contributed by atoms with Gasteiger partial charge in [0.25, 0.3) is 0 Å². The van der Waals surface area contributed by atoms with Crippen molar-refractivity contribution in [3.63, 3.8) is 0 Å². The standard InChI is InChI=1S/C12H14N2O3/c1-14-7-9(15)3-2-8-6-10(17-12(13)16)4-5-11(8)14/h4-6H,2-3,7H2,1H3,(H2,13,16). The quantitative estimate of drug-likeness (QED) is 0.789. The molecule has 1 aromatic carbocycles. The van der Waals surface area contributed by atoms with Gasteiger partial charge in [0.15, 0.2) is 5.78 Å². The molecule has 0 bridgehead atoms. The number of likely N-dealkylation sites (N-methyl/N-ethyl adjacent to an activating group) is 1. The first-order valence-corrected chi connectivity index (χ1v) is 5.39. The van der Waals surface area contributed by atoms with Gasteiger partial charge in [0.1, 0.15) is 5.75 Å². The number of ether oxygens (including phenoxy) is 1. The van der Waals surface area contributed by atoms with Gasteiger partial charge in [-0.3, -0.25) is 4.79 Å². The third kappa shape index (κ3) is 2.55. The molecule has 0 aliphatic carbocycles. The Balaban J connectivity index is 2.32. The maximum absolute atomic E-state index is 11.5. The number of anilines is 1. The Kier molecular flexibility index (Phi) is 2.99. The van der Waals surface area contributed by atoms with Crippen LogP contribution in [0.2, 0.25) is 0 Å². The highest BCUT2D eigenvalue weighted by atomic mass is 16.5. The number of rotatable bonds is 1. The molecule has 0 saturated heterocycles. The fourth-order valence-corrected chi connectivity index (χ4v) is 2.02. The van der Waals surface area contributed by atoms with Gasteiger partial charge in [0.05, 0.1) is 6.54 Å². The number of aryl methyl sites for hydroxylation is 1. The van der Waals surface area contributed by atoms with Crippen LogP contribution in [0.3, 0.4) is 0 Å². The summed E-state index contributed by atoms with van der Waals surface area (Å²) >= 11 is 0. The summed E-state index contributed by atoms with van der Waals surface area (Å²) in [7, 11) is 1.87. The van der Waals surface area contributed by atoms with Crippen molar-refractivity contribution in [3.8, 4) is 5.75 Å². The number of carbonyl (C=O) groups is 2. The minimum absolute atomic E-state index is 0.209. The van der Waals surface area contributed by atoms with E-state index in [-0.39, 0.29) is 5.78 Å². The van der Waals surface area contributed by atoms with E-state index in [4.69, 9.17) is 10.5 Å². The molecule has 1 amide bonds. The smallest absolute Gasteiger partial charge is 0.409 e. The van der Waals surface area contributed by atoms with Crippen LogP contribution in [0, 0.1) is 0 Å². The molecular weight excluding hydrogens is 220 g/mol. The van der Waals surface area contributed by atoms with Crippen molar-refractivity contribution >= 4 is 17.6 Å². The Hall–Kier alpha value is -2.04. The summed E-state index contributed by atoms with van der Waals surface area (Å²) in [5.74, 6) is 0.625. The van der Waals surface area contributed by atoms with E-state index in [2.05, 4.69) is 0 Å². The third-order valence-corrected chi connectivity index (χ3v) is 2.77. The van der Waals surface area contributed by atoms with Crippen molar-refractivity contribution in [2.24, 2.45) is 5.73 Å². The van der Waals surface area contributed by atoms with E-state index < -0.39 is 6.09 Å². The molecule has 0 saturated carbocycles. The van der Waals surface area contributed by atoms with Crippen LogP contribution in [0.25, 0.3) is 0 Å². The average molecular weight is 234 g/mol. The van der Waals surface area contributed by atoms with E-state index in [1.807, 2.05) is 18.0 Å². The first kappa shape index (κ1) is 11.4. The number of fused-ring (bicyclic) bond motifs is 1. The monoisotopic (exact) mass is 234 g/mol. The number of ketones is 1. The maximum atomic E-state index is 11.5. The topological polar surface area (TPSA) is 72.6 Å². The Morgan fingerprint density at radius 2 is 2.18 bits per heavy atom. The zero-order valence-electron chi connectivity index (χ0n) is 9.60. The average Bonchev–Trinajstić information content (AvgIpc) is 2.37. The van der Waals surface area contributed by atoms with Crippen LogP contribution in [0.1, 0.15) is 12.0 Å². The molecule has 0 aromatic heterocycles. The van der Waals surface area contributed by atoms with Gasteiger partial charge in [-0.25, -0.2) is 4.79 Å². The van der Waals surface area contributed by atoms with E-state index in [1.165, 1.54) is 0 Å². The third-order valence-electron chi connectivity index (χ3n) is 2.77. The Bertz CT molecular complexity index is 471. The number of carbonyl (C=O) groups excluding carboxylic acids is 2. The summed E-state index contributed by atoms with van der Waals surface area (Å²) in [6, 6.07) is 5.28. The van der Waals surface area contributed by atoms with Gasteiger partial charge in [0, 0.05) is 19.2 Å². The second-order valence-electron chi connectivity index (χ2n) is 4.11. The largest absolute Gasteiger partial charge is 0.410 e. The molecule has 0 fully saturated rings. The van der Waals surface area contributed by atoms with Crippen LogP contribution >= 0.6 is 0 Å². The predicted molar refractivity (Wildman–Crippen MR) is 63.3 cm³/mol. The summed E-state index contributed by atoms with van der Waals surface area (Å²) in [6.45, 7) is 0.420. The Morgan fingerprint density at radius 1 is 1.41 bits per heavy atom. The Morgan fingerprint density at radius 3 is 2.88 bits per heavy atom. The summed E-state index contributed by atoms with van der Waals surface area (Å²) in [5.41, 5.74) is 6.95. The van der Waals surface area contributed by atoms with Gasteiger partial charge in [-0.1, -0.05) is 0 Å². The zero-order chi connectivity index (χ0) is 12.4. The second kappa shape index (κ2) is 4.45. The molecule has 2 rings (SSSR count). The molecule has 0 spiro atoms. The van der Waals surface area contributed by atoms with Gasteiger partial charge in [-0.2, -0.15) is 0 Å². The first-order chi connectivity index (χ1) is 8.06. The lowest BCUT2D eigenvalue weighted by Gasteiger charge is -2.18. The van der Waals surface area contributed by atoms with Gasteiger partial charge in [0.2, 0.25) is 0 Å².